The van der Waals surface area contributed by atoms with Gasteiger partial charge in [0.1, 0.15) is 0 Å². The van der Waals surface area contributed by atoms with Gasteiger partial charge in [0.05, 0.1) is 12.7 Å². The zero-order valence-corrected chi connectivity index (χ0v) is 16.3. The van der Waals surface area contributed by atoms with Gasteiger partial charge in [0.25, 0.3) is 0 Å². The number of aryl methyl sites for hydroxylation is 2. The quantitative estimate of drug-likeness (QED) is 0.743. The van der Waals surface area contributed by atoms with Crippen LogP contribution in [0, 0.1) is 18.8 Å². The van der Waals surface area contributed by atoms with Crippen LogP contribution in [0.4, 0.5) is 0 Å². The van der Waals surface area contributed by atoms with Crippen LogP contribution in [-0.2, 0) is 16.1 Å². The molecule has 0 unspecified atom stereocenters. The summed E-state index contributed by atoms with van der Waals surface area (Å²) in [5.41, 5.74) is 1.09. The van der Waals surface area contributed by atoms with Gasteiger partial charge in [-0.1, -0.05) is 13.8 Å². The third-order valence-electron chi connectivity index (χ3n) is 4.62. The molecular formula is C17H30ClN5O2. The van der Waals surface area contributed by atoms with Crippen LogP contribution in [0.1, 0.15) is 25.8 Å². The SMILES string of the molecule is CNC(=O)CN1C[C@H](NC(=O)CCn2cc(C)cn2)[C@@H](C(C)C)C1.Cl. The Labute approximate surface area is 155 Å². The summed E-state index contributed by atoms with van der Waals surface area (Å²) in [6.45, 7) is 8.85. The number of aromatic nitrogens is 2. The lowest BCUT2D eigenvalue weighted by Gasteiger charge is -2.23. The maximum absolute atomic E-state index is 12.3. The van der Waals surface area contributed by atoms with Gasteiger partial charge in [0.15, 0.2) is 0 Å². The number of likely N-dealkylation sites (N-methyl/N-ethyl adjacent to an activating group) is 1. The molecule has 0 spiro atoms. The number of likely N-dealkylation sites (tertiary alicyclic amines) is 1. The average molecular weight is 372 g/mol. The van der Waals surface area contributed by atoms with Crippen molar-refractivity contribution in [2.45, 2.75) is 39.8 Å². The highest BCUT2D eigenvalue weighted by atomic mass is 35.5. The number of amides is 2. The van der Waals surface area contributed by atoms with Crippen molar-refractivity contribution < 1.29 is 9.59 Å². The van der Waals surface area contributed by atoms with Crippen molar-refractivity contribution in [2.24, 2.45) is 11.8 Å². The second-order valence-corrected chi connectivity index (χ2v) is 6.98. The van der Waals surface area contributed by atoms with E-state index >= 15 is 0 Å². The van der Waals surface area contributed by atoms with E-state index in [9.17, 15) is 9.59 Å². The highest BCUT2D eigenvalue weighted by Gasteiger charge is 2.35. The van der Waals surface area contributed by atoms with Gasteiger partial charge in [0.2, 0.25) is 11.8 Å². The Morgan fingerprint density at radius 1 is 1.32 bits per heavy atom. The lowest BCUT2D eigenvalue weighted by atomic mass is 9.91. The topological polar surface area (TPSA) is 79.3 Å². The van der Waals surface area contributed by atoms with Gasteiger partial charge in [0, 0.05) is 45.3 Å². The first-order valence-electron chi connectivity index (χ1n) is 8.60. The molecule has 2 heterocycles. The van der Waals surface area contributed by atoms with Crippen molar-refractivity contribution in [1.82, 2.24) is 25.3 Å². The Morgan fingerprint density at radius 2 is 2.04 bits per heavy atom. The summed E-state index contributed by atoms with van der Waals surface area (Å²) in [7, 11) is 1.65. The molecular weight excluding hydrogens is 342 g/mol. The molecule has 1 aromatic heterocycles. The van der Waals surface area contributed by atoms with Crippen LogP contribution in [-0.4, -0.2) is 59.2 Å². The first-order chi connectivity index (χ1) is 11.4. The van der Waals surface area contributed by atoms with Crippen molar-refractivity contribution in [2.75, 3.05) is 26.7 Å². The summed E-state index contributed by atoms with van der Waals surface area (Å²) in [5, 5.41) is 10.0. The van der Waals surface area contributed by atoms with E-state index in [1.807, 2.05) is 13.1 Å². The Morgan fingerprint density at radius 3 is 2.60 bits per heavy atom. The maximum Gasteiger partial charge on any atom is 0.233 e. The van der Waals surface area contributed by atoms with Gasteiger partial charge in [-0.25, -0.2) is 0 Å². The number of carbonyl (C=O) groups is 2. The van der Waals surface area contributed by atoms with Crippen LogP contribution in [0.3, 0.4) is 0 Å². The van der Waals surface area contributed by atoms with Crippen molar-refractivity contribution in [3.8, 4) is 0 Å². The van der Waals surface area contributed by atoms with Crippen LogP contribution in [0.25, 0.3) is 0 Å². The molecule has 1 saturated heterocycles. The normalized spacial score (nSPS) is 20.4. The predicted octanol–water partition coefficient (Wildman–Crippen LogP) is 0.822. The molecule has 2 amide bonds. The number of carbonyl (C=O) groups excluding carboxylic acids is 2. The summed E-state index contributed by atoms with van der Waals surface area (Å²) in [4.78, 5) is 26.0. The standard InChI is InChI=1S/C17H29N5O2.ClH/c1-12(2)14-9-21(11-17(24)18-4)10-15(14)20-16(23)5-6-22-8-13(3)7-19-22;/h7-8,12,14-15H,5-6,9-11H2,1-4H3,(H,18,24)(H,20,23);1H/t14-,15+;/m1./s1. The lowest BCUT2D eigenvalue weighted by Crippen LogP contribution is -2.42. The number of nitrogens with zero attached hydrogens (tertiary/aromatic N) is 3. The van der Waals surface area contributed by atoms with E-state index in [1.165, 1.54) is 0 Å². The Bertz CT molecular complexity index is 575. The molecule has 0 radical (unpaired) electrons. The third kappa shape index (κ3) is 6.32. The molecule has 142 valence electrons. The lowest BCUT2D eigenvalue weighted by molar-refractivity contribution is -0.122. The second-order valence-electron chi connectivity index (χ2n) is 6.98. The van der Waals surface area contributed by atoms with Crippen LogP contribution in [0.2, 0.25) is 0 Å². The first kappa shape index (κ1) is 21.4. The molecule has 25 heavy (non-hydrogen) atoms. The molecule has 0 aliphatic carbocycles. The average Bonchev–Trinajstić information content (AvgIpc) is 3.11. The molecule has 1 aliphatic heterocycles. The number of hydrogen-bond acceptors (Lipinski definition) is 4. The summed E-state index contributed by atoms with van der Waals surface area (Å²) in [6.07, 6.45) is 4.14. The molecule has 2 rings (SSSR count). The number of halogens is 1. The number of hydrogen-bond donors (Lipinski definition) is 2. The molecule has 0 bridgehead atoms. The van der Waals surface area contributed by atoms with Crippen LogP contribution in [0.15, 0.2) is 12.4 Å². The van der Waals surface area contributed by atoms with Gasteiger partial charge in [-0.15, -0.1) is 12.4 Å². The second kappa shape index (κ2) is 9.77. The fourth-order valence-corrected chi connectivity index (χ4v) is 3.24. The fourth-order valence-electron chi connectivity index (χ4n) is 3.24. The largest absolute Gasteiger partial charge is 0.358 e. The Hall–Kier alpha value is -1.60. The molecule has 0 saturated carbocycles. The van der Waals surface area contributed by atoms with Crippen molar-refractivity contribution >= 4 is 24.2 Å². The Balaban J connectivity index is 0.00000312. The van der Waals surface area contributed by atoms with Gasteiger partial charge < -0.3 is 10.6 Å². The van der Waals surface area contributed by atoms with Gasteiger partial charge in [-0.2, -0.15) is 5.10 Å². The molecule has 2 atom stereocenters. The van der Waals surface area contributed by atoms with Gasteiger partial charge in [-0.3, -0.25) is 19.2 Å². The zero-order chi connectivity index (χ0) is 17.7. The van der Waals surface area contributed by atoms with E-state index < -0.39 is 0 Å². The predicted molar refractivity (Wildman–Crippen MR) is 99.6 cm³/mol. The number of nitrogens with one attached hydrogen (secondary N) is 2. The summed E-state index contributed by atoms with van der Waals surface area (Å²) < 4.78 is 1.79. The van der Waals surface area contributed by atoms with Gasteiger partial charge in [-0.05, 0) is 24.3 Å². The van der Waals surface area contributed by atoms with E-state index in [-0.39, 0.29) is 30.3 Å². The summed E-state index contributed by atoms with van der Waals surface area (Å²) in [5.74, 6) is 0.878. The van der Waals surface area contributed by atoms with Crippen molar-refractivity contribution in [3.05, 3.63) is 18.0 Å². The zero-order valence-electron chi connectivity index (χ0n) is 15.5. The Kier molecular flexibility index (Phi) is 8.38. The summed E-state index contributed by atoms with van der Waals surface area (Å²) >= 11 is 0. The molecule has 8 heteroatoms. The number of rotatable bonds is 7. The minimum Gasteiger partial charge on any atom is -0.358 e. The maximum atomic E-state index is 12.3. The third-order valence-corrected chi connectivity index (χ3v) is 4.62. The summed E-state index contributed by atoms with van der Waals surface area (Å²) in [6, 6.07) is 0.0986. The van der Waals surface area contributed by atoms with Crippen molar-refractivity contribution in [3.63, 3.8) is 0 Å². The van der Waals surface area contributed by atoms with E-state index in [0.717, 1.165) is 18.7 Å². The molecule has 7 nitrogen and oxygen atoms in total. The molecule has 1 aromatic rings. The van der Waals surface area contributed by atoms with Crippen molar-refractivity contribution in [1.29, 1.82) is 0 Å². The van der Waals surface area contributed by atoms with Crippen LogP contribution < -0.4 is 10.6 Å². The molecule has 1 aliphatic rings. The molecule has 2 N–H and O–H groups in total. The minimum absolute atomic E-state index is 0. The van der Waals surface area contributed by atoms with Gasteiger partial charge >= 0.3 is 0 Å². The van der Waals surface area contributed by atoms with E-state index in [4.69, 9.17) is 0 Å². The van der Waals surface area contributed by atoms with E-state index in [0.29, 0.717) is 31.3 Å². The molecule has 0 aromatic carbocycles. The van der Waals surface area contributed by atoms with E-state index in [2.05, 4.69) is 34.5 Å². The highest BCUT2D eigenvalue weighted by molar-refractivity contribution is 5.85. The monoisotopic (exact) mass is 371 g/mol. The first-order valence-corrected chi connectivity index (χ1v) is 8.60. The molecule has 1 fully saturated rings. The van der Waals surface area contributed by atoms with E-state index in [1.54, 1.807) is 17.9 Å². The minimum atomic E-state index is 0. The van der Waals surface area contributed by atoms with Crippen LogP contribution >= 0.6 is 12.4 Å². The fraction of sp³-hybridized carbons (Fsp3) is 0.706. The van der Waals surface area contributed by atoms with Crippen LogP contribution in [0.5, 0.6) is 0 Å². The highest BCUT2D eigenvalue weighted by Crippen LogP contribution is 2.24. The smallest absolute Gasteiger partial charge is 0.233 e.